The molecule has 0 amide bonds. The Hall–Kier alpha value is -1.94. The molecule has 0 aromatic heterocycles. The Labute approximate surface area is 689 Å². The molecule has 19 heteroatoms. The highest BCUT2D eigenvalue weighted by molar-refractivity contribution is 7.47. The largest absolute Gasteiger partial charge is 0.472 e. The molecule has 0 saturated heterocycles. The van der Waals surface area contributed by atoms with E-state index in [9.17, 15) is 43.2 Å². The average molecular weight is 1630 g/mol. The maximum Gasteiger partial charge on any atom is 0.472 e. The van der Waals surface area contributed by atoms with Crippen LogP contribution in [0.15, 0.2) is 0 Å². The zero-order chi connectivity index (χ0) is 82.0. The van der Waals surface area contributed by atoms with Gasteiger partial charge in [0.25, 0.3) is 0 Å². The summed E-state index contributed by atoms with van der Waals surface area (Å²) >= 11 is 0. The van der Waals surface area contributed by atoms with Crippen LogP contribution in [0.4, 0.5) is 0 Å². The van der Waals surface area contributed by atoms with Gasteiger partial charge in [-0.2, -0.15) is 0 Å². The molecule has 0 bridgehead atoms. The predicted octanol–water partition coefficient (Wildman–Crippen LogP) is 29.0. The second-order valence-electron chi connectivity index (χ2n) is 34.4. The number of hydrogen-bond acceptors (Lipinski definition) is 15. The SMILES string of the molecule is CCCCCCCCCCCCCCCCCCCCCCC(=O)OC[C@H](COP(=O)(O)OC[C@@H](O)COP(=O)(O)OC[C@@H](COC(=O)CCCCCCCCCCCC(C)C)OC(=O)CCCCCCCCCCCCCCCCCCCCC)OC(=O)CCCCCCCCCCCCCCCCCCCCC(C)C. The van der Waals surface area contributed by atoms with Gasteiger partial charge in [-0.05, 0) is 37.5 Å². The van der Waals surface area contributed by atoms with Crippen LogP contribution in [-0.2, 0) is 65.4 Å². The van der Waals surface area contributed by atoms with E-state index in [-0.39, 0.29) is 25.7 Å². The van der Waals surface area contributed by atoms with E-state index in [1.54, 1.807) is 0 Å². The molecular weight excluding hydrogens is 1450 g/mol. The molecule has 0 radical (unpaired) electrons. The molecule has 5 atom stereocenters. The fourth-order valence-corrected chi connectivity index (χ4v) is 16.2. The van der Waals surface area contributed by atoms with Crippen molar-refractivity contribution in [3.63, 3.8) is 0 Å². The van der Waals surface area contributed by atoms with Crippen LogP contribution in [0.1, 0.15) is 504 Å². The molecule has 0 saturated carbocycles. The molecule has 0 aliphatic heterocycles. The van der Waals surface area contributed by atoms with E-state index in [2.05, 4.69) is 41.5 Å². The van der Waals surface area contributed by atoms with Gasteiger partial charge in [-0.25, -0.2) is 9.13 Å². The minimum absolute atomic E-state index is 0.109. The van der Waals surface area contributed by atoms with Gasteiger partial charge in [0.05, 0.1) is 26.4 Å². The van der Waals surface area contributed by atoms with Crippen molar-refractivity contribution in [2.24, 2.45) is 11.8 Å². The summed E-state index contributed by atoms with van der Waals surface area (Å²) in [5.74, 6) is -0.529. The van der Waals surface area contributed by atoms with Crippen molar-refractivity contribution >= 4 is 39.5 Å². The lowest BCUT2D eigenvalue weighted by atomic mass is 10.0. The highest BCUT2D eigenvalue weighted by atomic mass is 31.2. The fourth-order valence-electron chi connectivity index (χ4n) is 14.7. The maximum atomic E-state index is 13.2. The molecule has 2 unspecified atom stereocenters. The number of aliphatic hydroxyl groups is 1. The molecule has 666 valence electrons. The van der Waals surface area contributed by atoms with Crippen molar-refractivity contribution in [3.8, 4) is 0 Å². The Kier molecular flexibility index (Phi) is 82.6. The Bertz CT molecular complexity index is 2130. The number of carbonyl (C=O) groups excluding carboxylic acids is 4. The van der Waals surface area contributed by atoms with Gasteiger partial charge in [-0.15, -0.1) is 0 Å². The van der Waals surface area contributed by atoms with Crippen molar-refractivity contribution in [3.05, 3.63) is 0 Å². The summed E-state index contributed by atoms with van der Waals surface area (Å²) in [6.45, 7) is 9.74. The first-order chi connectivity index (χ1) is 54.4. The minimum Gasteiger partial charge on any atom is -0.462 e. The van der Waals surface area contributed by atoms with Crippen LogP contribution in [0.5, 0.6) is 0 Å². The van der Waals surface area contributed by atoms with Gasteiger partial charge in [-0.3, -0.25) is 37.3 Å². The zero-order valence-electron chi connectivity index (χ0n) is 74.0. The van der Waals surface area contributed by atoms with E-state index in [4.69, 9.17) is 37.0 Å². The van der Waals surface area contributed by atoms with Gasteiger partial charge in [0.1, 0.15) is 19.3 Å². The highest BCUT2D eigenvalue weighted by Crippen LogP contribution is 2.45. The van der Waals surface area contributed by atoms with Crippen molar-refractivity contribution < 1.29 is 80.2 Å². The van der Waals surface area contributed by atoms with Crippen LogP contribution in [0.2, 0.25) is 0 Å². The summed E-state index contributed by atoms with van der Waals surface area (Å²) < 4.78 is 69.1. The second-order valence-corrected chi connectivity index (χ2v) is 37.3. The average Bonchev–Trinajstić information content (AvgIpc) is 0.935. The maximum absolute atomic E-state index is 13.2. The number of esters is 4. The Morgan fingerprint density at radius 2 is 0.411 bits per heavy atom. The lowest BCUT2D eigenvalue weighted by Gasteiger charge is -2.21. The third-order valence-electron chi connectivity index (χ3n) is 22.0. The first-order valence-corrected chi connectivity index (χ1v) is 51.0. The third-order valence-corrected chi connectivity index (χ3v) is 23.9. The summed E-state index contributed by atoms with van der Waals surface area (Å²) in [6.07, 6.45) is 79.3. The monoisotopic (exact) mass is 1630 g/mol. The normalized spacial score (nSPS) is 13.7. The number of carbonyl (C=O) groups is 4. The topological polar surface area (TPSA) is 237 Å². The molecule has 0 spiro atoms. The van der Waals surface area contributed by atoms with Crippen LogP contribution in [0.3, 0.4) is 0 Å². The summed E-state index contributed by atoms with van der Waals surface area (Å²) in [5.41, 5.74) is 0. The third kappa shape index (κ3) is 85.9. The Morgan fingerprint density at radius 1 is 0.241 bits per heavy atom. The second kappa shape index (κ2) is 84.1. The molecule has 0 aliphatic rings. The number of phosphoric ester groups is 2. The van der Waals surface area contributed by atoms with Gasteiger partial charge in [-0.1, -0.05) is 452 Å². The summed E-state index contributed by atoms with van der Waals surface area (Å²) in [6, 6.07) is 0. The molecule has 0 rings (SSSR count). The lowest BCUT2D eigenvalue weighted by molar-refractivity contribution is -0.161. The molecule has 3 N–H and O–H groups in total. The first-order valence-electron chi connectivity index (χ1n) is 48.0. The quantitative estimate of drug-likeness (QED) is 0.0222. The first kappa shape index (κ1) is 110. The van der Waals surface area contributed by atoms with Crippen LogP contribution >= 0.6 is 15.6 Å². The van der Waals surface area contributed by atoms with Crippen LogP contribution in [0.25, 0.3) is 0 Å². The van der Waals surface area contributed by atoms with Crippen LogP contribution < -0.4 is 0 Å². The molecule has 0 aromatic carbocycles. The van der Waals surface area contributed by atoms with E-state index >= 15 is 0 Å². The number of hydrogen-bond donors (Lipinski definition) is 3. The molecular formula is C93H182O17P2. The van der Waals surface area contributed by atoms with E-state index in [1.165, 1.54) is 321 Å². The fraction of sp³-hybridized carbons (Fsp3) is 0.957. The number of ether oxygens (including phenoxy) is 4. The Morgan fingerprint density at radius 3 is 0.607 bits per heavy atom. The van der Waals surface area contributed by atoms with Crippen LogP contribution in [0, 0.1) is 11.8 Å². The van der Waals surface area contributed by atoms with E-state index in [1.807, 2.05) is 0 Å². The van der Waals surface area contributed by atoms with E-state index < -0.39 is 97.5 Å². The lowest BCUT2D eigenvalue weighted by Crippen LogP contribution is -2.30. The van der Waals surface area contributed by atoms with Gasteiger partial charge in [0.15, 0.2) is 12.2 Å². The molecule has 0 aromatic rings. The van der Waals surface area contributed by atoms with Crippen molar-refractivity contribution in [1.82, 2.24) is 0 Å². The Balaban J connectivity index is 5.24. The van der Waals surface area contributed by atoms with E-state index in [0.29, 0.717) is 25.7 Å². The van der Waals surface area contributed by atoms with E-state index in [0.717, 1.165) is 102 Å². The summed E-state index contributed by atoms with van der Waals surface area (Å²) in [4.78, 5) is 73.5. The van der Waals surface area contributed by atoms with Gasteiger partial charge in [0, 0.05) is 25.7 Å². The summed E-state index contributed by atoms with van der Waals surface area (Å²) in [7, 11) is -9.94. The van der Waals surface area contributed by atoms with Gasteiger partial charge >= 0.3 is 39.5 Å². The van der Waals surface area contributed by atoms with Crippen molar-refractivity contribution in [2.75, 3.05) is 39.6 Å². The molecule has 112 heavy (non-hydrogen) atoms. The number of rotatable bonds is 92. The molecule has 17 nitrogen and oxygen atoms in total. The predicted molar refractivity (Wildman–Crippen MR) is 465 cm³/mol. The number of unbranched alkanes of at least 4 members (excludes halogenated alkanes) is 62. The standard InChI is InChI=1S/C93H182O17P2/c1-7-9-11-13-15-17-19-21-23-25-27-29-33-37-41-45-51-57-63-69-75-90(95)103-81-88(109-92(97)77-72-66-60-53-47-43-39-35-31-30-32-36-40-44-49-55-61-67-73-85(3)4)83-107-111(99,100)105-79-87(94)80-106-112(101,102)108-84-89(82-104-91(96)76-70-64-58-54-48-50-56-62-68-74-86(5)6)110-93(98)78-71-65-59-52-46-42-38-34-28-26-24-22-20-18-16-14-12-10-8-2/h85-89,94H,7-84H2,1-6H3,(H,99,100)(H,101,102)/t87-,88-,89-/m1/s1. The highest BCUT2D eigenvalue weighted by Gasteiger charge is 2.31. The molecule has 0 aliphatic carbocycles. The van der Waals surface area contributed by atoms with Crippen molar-refractivity contribution in [1.29, 1.82) is 0 Å². The molecule has 0 fully saturated rings. The minimum atomic E-state index is -4.97. The molecule has 0 heterocycles. The number of aliphatic hydroxyl groups excluding tert-OH is 1. The van der Waals surface area contributed by atoms with Gasteiger partial charge in [0.2, 0.25) is 0 Å². The van der Waals surface area contributed by atoms with Crippen molar-refractivity contribution in [2.45, 2.75) is 522 Å². The number of phosphoric acid groups is 2. The van der Waals surface area contributed by atoms with Crippen LogP contribution in [-0.4, -0.2) is 96.7 Å². The van der Waals surface area contributed by atoms with Gasteiger partial charge < -0.3 is 33.8 Å². The zero-order valence-corrected chi connectivity index (χ0v) is 75.8. The summed E-state index contributed by atoms with van der Waals surface area (Å²) in [5, 5.41) is 10.7. The smallest absolute Gasteiger partial charge is 0.462 e.